The molecule has 1 N–H and O–H groups in total. The third kappa shape index (κ3) is 2.95. The number of anilines is 1. The fourth-order valence-corrected chi connectivity index (χ4v) is 3.92. The van der Waals surface area contributed by atoms with Crippen LogP contribution in [0.25, 0.3) is 5.57 Å². The van der Waals surface area contributed by atoms with Crippen molar-refractivity contribution in [3.8, 4) is 0 Å². The van der Waals surface area contributed by atoms with E-state index < -0.39 is 23.5 Å². The summed E-state index contributed by atoms with van der Waals surface area (Å²) in [7, 11) is 0. The minimum Gasteiger partial charge on any atom is -0.324 e. The number of halogens is 6. The summed E-state index contributed by atoms with van der Waals surface area (Å²) in [6.45, 7) is 0. The van der Waals surface area contributed by atoms with Crippen LogP contribution >= 0.6 is 24.2 Å². The summed E-state index contributed by atoms with van der Waals surface area (Å²) in [5.74, 6) is 0. The number of nitrogens with one attached hydrogen (secondary N) is 1. The van der Waals surface area contributed by atoms with Gasteiger partial charge in [0.1, 0.15) is 0 Å². The zero-order valence-corrected chi connectivity index (χ0v) is 13.4. The van der Waals surface area contributed by atoms with Crippen LogP contribution in [0.2, 0.25) is 0 Å². The van der Waals surface area contributed by atoms with Crippen molar-refractivity contribution in [1.82, 2.24) is 0 Å². The quantitative estimate of drug-likeness (QED) is 0.329. The molecule has 0 saturated heterocycles. The Morgan fingerprint density at radius 1 is 1.04 bits per heavy atom. The number of para-hydroxylation sites is 1. The van der Waals surface area contributed by atoms with Gasteiger partial charge in [-0.15, -0.1) is 0 Å². The normalized spacial score (nSPS) is 18.4. The second-order valence-corrected chi connectivity index (χ2v) is 6.71. The highest BCUT2D eigenvalue weighted by Crippen LogP contribution is 2.49. The van der Waals surface area contributed by atoms with Gasteiger partial charge in [0.2, 0.25) is 0 Å². The first-order valence-electron chi connectivity index (χ1n) is 6.79. The topological polar surface area (TPSA) is 12.0 Å². The summed E-state index contributed by atoms with van der Waals surface area (Å²) in [6, 6.07) is 3.48. The minimum atomic E-state index is -4.62. The van der Waals surface area contributed by atoms with Gasteiger partial charge in [-0.25, -0.2) is 0 Å². The fourth-order valence-electron chi connectivity index (χ4n) is 2.81. The maximum absolute atomic E-state index is 13.3. The first-order chi connectivity index (χ1) is 11.1. The van der Waals surface area contributed by atoms with Crippen molar-refractivity contribution in [2.75, 3.05) is 4.72 Å². The SMILES string of the molecule is FC(F)(F)C1=CCCC2=C1C(=S)SNc1c2cccc1C(F)(F)F. The lowest BCUT2D eigenvalue weighted by Gasteiger charge is -2.23. The van der Waals surface area contributed by atoms with Crippen LogP contribution in [0.5, 0.6) is 0 Å². The summed E-state index contributed by atoms with van der Waals surface area (Å²) >= 11 is 5.64. The zero-order valence-electron chi connectivity index (χ0n) is 11.8. The molecule has 0 atom stereocenters. The lowest BCUT2D eigenvalue weighted by molar-refractivity contribution is -0.136. The summed E-state index contributed by atoms with van der Waals surface area (Å²) in [6.07, 6.45) is -7.90. The van der Waals surface area contributed by atoms with Crippen molar-refractivity contribution in [2.24, 2.45) is 0 Å². The van der Waals surface area contributed by atoms with Gasteiger partial charge in [0, 0.05) is 11.1 Å². The number of rotatable bonds is 0. The van der Waals surface area contributed by atoms with Crippen molar-refractivity contribution < 1.29 is 26.3 Å². The number of hydrogen-bond donors (Lipinski definition) is 1. The van der Waals surface area contributed by atoms with Crippen LogP contribution in [0, 0.1) is 0 Å². The molecule has 0 bridgehead atoms. The van der Waals surface area contributed by atoms with Crippen molar-refractivity contribution in [3.05, 3.63) is 46.5 Å². The van der Waals surface area contributed by atoms with Crippen LogP contribution < -0.4 is 4.72 Å². The third-order valence-corrected chi connectivity index (χ3v) is 4.91. The van der Waals surface area contributed by atoms with Crippen molar-refractivity contribution in [3.63, 3.8) is 0 Å². The highest BCUT2D eigenvalue weighted by atomic mass is 32.2. The molecule has 128 valence electrons. The molecule has 2 aliphatic rings. The molecular formula is C15H9F6NS2. The monoisotopic (exact) mass is 381 g/mol. The first-order valence-corrected chi connectivity index (χ1v) is 8.02. The summed E-state index contributed by atoms with van der Waals surface area (Å²) in [5.41, 5.74) is -1.93. The van der Waals surface area contributed by atoms with Gasteiger partial charge in [-0.05, 0) is 36.4 Å². The van der Waals surface area contributed by atoms with Gasteiger partial charge in [-0.1, -0.05) is 30.4 Å². The largest absolute Gasteiger partial charge is 0.418 e. The molecule has 1 aromatic rings. The lowest BCUT2D eigenvalue weighted by Crippen LogP contribution is -2.19. The first kappa shape index (κ1) is 17.3. The molecule has 1 aromatic carbocycles. The van der Waals surface area contributed by atoms with Crippen molar-refractivity contribution in [2.45, 2.75) is 25.2 Å². The summed E-state index contributed by atoms with van der Waals surface area (Å²) in [4.78, 5) is 0. The van der Waals surface area contributed by atoms with Gasteiger partial charge in [0.15, 0.2) is 0 Å². The van der Waals surface area contributed by atoms with Crippen LogP contribution in [0.3, 0.4) is 0 Å². The van der Waals surface area contributed by atoms with E-state index in [9.17, 15) is 26.3 Å². The number of benzene rings is 1. The number of allylic oxidation sites excluding steroid dienone is 3. The van der Waals surface area contributed by atoms with Crippen molar-refractivity contribution >= 4 is 39.6 Å². The Bertz CT molecular complexity index is 773. The van der Waals surface area contributed by atoms with Crippen LogP contribution in [0.15, 0.2) is 35.4 Å². The Kier molecular flexibility index (Phi) is 4.19. The second kappa shape index (κ2) is 5.80. The third-order valence-electron chi connectivity index (χ3n) is 3.76. The number of alkyl halides is 6. The Balaban J connectivity index is 2.27. The highest BCUT2D eigenvalue weighted by Gasteiger charge is 2.42. The average molecular weight is 381 g/mol. The molecule has 0 aromatic heterocycles. The molecule has 0 saturated carbocycles. The van der Waals surface area contributed by atoms with Crippen LogP contribution in [0.4, 0.5) is 32.0 Å². The molecule has 1 heterocycles. The highest BCUT2D eigenvalue weighted by molar-refractivity contribution is 8.24. The smallest absolute Gasteiger partial charge is 0.324 e. The van der Waals surface area contributed by atoms with E-state index in [1.165, 1.54) is 12.1 Å². The van der Waals surface area contributed by atoms with E-state index >= 15 is 0 Å². The molecule has 0 radical (unpaired) electrons. The van der Waals surface area contributed by atoms with E-state index in [4.69, 9.17) is 12.2 Å². The predicted molar refractivity (Wildman–Crippen MR) is 85.5 cm³/mol. The van der Waals surface area contributed by atoms with Crippen LogP contribution in [-0.4, -0.2) is 10.4 Å². The second-order valence-electron chi connectivity index (χ2n) is 5.23. The van der Waals surface area contributed by atoms with E-state index in [0.29, 0.717) is 11.9 Å². The number of hydrogen-bond acceptors (Lipinski definition) is 3. The molecule has 24 heavy (non-hydrogen) atoms. The Labute approximate surface area is 142 Å². The molecule has 0 unspecified atom stereocenters. The molecule has 0 amide bonds. The van der Waals surface area contributed by atoms with Crippen molar-refractivity contribution in [1.29, 1.82) is 0 Å². The molecule has 3 rings (SSSR count). The maximum Gasteiger partial charge on any atom is 0.418 e. The predicted octanol–water partition coefficient (Wildman–Crippen LogP) is 6.14. The van der Waals surface area contributed by atoms with Crippen LogP contribution in [0.1, 0.15) is 24.0 Å². The fraction of sp³-hybridized carbons (Fsp3) is 0.267. The molecular weight excluding hydrogens is 372 g/mol. The molecule has 1 aliphatic carbocycles. The molecule has 1 aliphatic heterocycles. The Morgan fingerprint density at radius 3 is 2.38 bits per heavy atom. The van der Waals surface area contributed by atoms with Gasteiger partial charge in [-0.3, -0.25) is 0 Å². The van der Waals surface area contributed by atoms with Crippen LogP contribution in [-0.2, 0) is 6.18 Å². The van der Waals surface area contributed by atoms with E-state index in [1.807, 2.05) is 0 Å². The summed E-state index contributed by atoms with van der Waals surface area (Å²) < 4.78 is 81.9. The molecule has 0 fully saturated rings. The van der Waals surface area contributed by atoms with Gasteiger partial charge in [0.25, 0.3) is 0 Å². The Hall–Kier alpha value is -1.48. The van der Waals surface area contributed by atoms with Gasteiger partial charge in [-0.2, -0.15) is 26.3 Å². The maximum atomic E-state index is 13.3. The number of thiocarbonyl (C=S) groups is 1. The average Bonchev–Trinajstić information content (AvgIpc) is 2.63. The standard InChI is InChI=1S/C15H9F6NS2/c16-14(17,18)9-5-1-3-7-8-4-2-6-10(15(19,20)21)12(8)22-24-13(23)11(7)9/h2,4-6,22H,1,3H2. The summed E-state index contributed by atoms with van der Waals surface area (Å²) in [5, 5.41) is 0. The van der Waals surface area contributed by atoms with E-state index in [0.717, 1.165) is 12.1 Å². The van der Waals surface area contributed by atoms with Gasteiger partial charge < -0.3 is 4.72 Å². The zero-order chi connectivity index (χ0) is 17.7. The van der Waals surface area contributed by atoms with E-state index in [2.05, 4.69) is 4.72 Å². The van der Waals surface area contributed by atoms with E-state index in [1.54, 1.807) is 0 Å². The Morgan fingerprint density at radius 2 is 1.75 bits per heavy atom. The molecule has 0 spiro atoms. The number of fused-ring (bicyclic) bond motifs is 2. The lowest BCUT2D eigenvalue weighted by atomic mass is 9.85. The van der Waals surface area contributed by atoms with Gasteiger partial charge in [0.05, 0.1) is 21.0 Å². The van der Waals surface area contributed by atoms with Gasteiger partial charge >= 0.3 is 12.4 Å². The molecule has 9 heteroatoms. The van der Waals surface area contributed by atoms with E-state index in [-0.39, 0.29) is 39.4 Å². The minimum absolute atomic E-state index is 0.0939. The molecule has 1 nitrogen and oxygen atoms in total.